The standard InChI is InChI=1S/C26H21ClN2O2/c1-16-7-12-21(17(2)15-16)29-25(30)23(19-8-10-20(27)11-9-19)24(26(29)31)28-14-13-18-5-3-4-6-22(18)28/h3-12,15H,13-14H2,1-2H3. The van der Waals surface area contributed by atoms with Gasteiger partial charge in [-0.15, -0.1) is 0 Å². The Hall–Kier alpha value is -3.37. The van der Waals surface area contributed by atoms with Gasteiger partial charge in [0.2, 0.25) is 0 Å². The van der Waals surface area contributed by atoms with Crippen LogP contribution in [0.15, 0.2) is 72.4 Å². The van der Waals surface area contributed by atoms with Gasteiger partial charge in [0.1, 0.15) is 5.70 Å². The highest BCUT2D eigenvalue weighted by Gasteiger charge is 2.44. The second-order valence-corrected chi connectivity index (χ2v) is 8.43. The first-order valence-corrected chi connectivity index (χ1v) is 10.6. The lowest BCUT2D eigenvalue weighted by atomic mass is 10.0. The number of hydrogen-bond donors (Lipinski definition) is 0. The molecule has 0 radical (unpaired) electrons. The number of anilines is 2. The molecule has 0 saturated carbocycles. The van der Waals surface area contributed by atoms with Gasteiger partial charge >= 0.3 is 0 Å². The molecular formula is C26H21ClN2O2. The zero-order valence-corrected chi connectivity index (χ0v) is 18.1. The van der Waals surface area contributed by atoms with E-state index in [2.05, 4.69) is 6.07 Å². The monoisotopic (exact) mass is 428 g/mol. The number of nitrogens with zero attached hydrogens (tertiary/aromatic N) is 2. The second-order valence-electron chi connectivity index (χ2n) is 8.00. The molecule has 0 aliphatic carbocycles. The number of benzene rings is 3. The lowest BCUT2D eigenvalue weighted by molar-refractivity contribution is -0.120. The van der Waals surface area contributed by atoms with Gasteiger partial charge in [0.25, 0.3) is 11.8 Å². The molecule has 4 nitrogen and oxygen atoms in total. The molecule has 2 aliphatic rings. The van der Waals surface area contributed by atoms with Crippen LogP contribution in [0.2, 0.25) is 5.02 Å². The number of imide groups is 1. The van der Waals surface area contributed by atoms with E-state index in [-0.39, 0.29) is 11.8 Å². The number of carbonyl (C=O) groups is 2. The number of aryl methyl sites for hydroxylation is 2. The third-order valence-corrected chi connectivity index (χ3v) is 6.19. The lowest BCUT2D eigenvalue weighted by Crippen LogP contribution is -2.35. The number of fused-ring (bicyclic) bond motifs is 1. The molecule has 0 spiro atoms. The molecule has 5 rings (SSSR count). The maximum absolute atomic E-state index is 13.8. The number of amides is 2. The van der Waals surface area contributed by atoms with Gasteiger partial charge in [0.15, 0.2) is 0 Å². The quantitative estimate of drug-likeness (QED) is 0.531. The molecular weight excluding hydrogens is 408 g/mol. The van der Waals surface area contributed by atoms with Crippen molar-refractivity contribution < 1.29 is 9.59 Å². The molecule has 0 N–H and O–H groups in total. The summed E-state index contributed by atoms with van der Waals surface area (Å²) in [4.78, 5) is 30.8. The van der Waals surface area contributed by atoms with E-state index in [0.717, 1.165) is 23.2 Å². The van der Waals surface area contributed by atoms with Crippen molar-refractivity contribution in [3.05, 3.63) is 99.7 Å². The van der Waals surface area contributed by atoms with E-state index in [0.29, 0.717) is 34.1 Å². The van der Waals surface area contributed by atoms with Gasteiger partial charge in [-0.1, -0.05) is 59.6 Å². The molecule has 2 amide bonds. The summed E-state index contributed by atoms with van der Waals surface area (Å²) >= 11 is 6.09. The molecule has 3 aromatic rings. The molecule has 2 heterocycles. The van der Waals surface area contributed by atoms with Gasteiger partial charge in [-0.3, -0.25) is 9.59 Å². The SMILES string of the molecule is Cc1ccc(N2C(=O)C(c3ccc(Cl)cc3)=C(N3CCc4ccccc43)C2=O)c(C)c1. The Morgan fingerprint density at radius 2 is 1.58 bits per heavy atom. The summed E-state index contributed by atoms with van der Waals surface area (Å²) < 4.78 is 0. The summed E-state index contributed by atoms with van der Waals surface area (Å²) in [7, 11) is 0. The summed E-state index contributed by atoms with van der Waals surface area (Å²) in [5.74, 6) is -0.600. The van der Waals surface area contributed by atoms with Crippen LogP contribution < -0.4 is 9.80 Å². The van der Waals surface area contributed by atoms with Crippen LogP contribution in [0.25, 0.3) is 5.57 Å². The topological polar surface area (TPSA) is 40.6 Å². The number of hydrogen-bond acceptors (Lipinski definition) is 3. The number of para-hydroxylation sites is 1. The normalized spacial score (nSPS) is 15.8. The van der Waals surface area contributed by atoms with Gasteiger partial charge in [0, 0.05) is 17.3 Å². The Morgan fingerprint density at radius 1 is 0.839 bits per heavy atom. The van der Waals surface area contributed by atoms with Crippen LogP contribution in [-0.2, 0) is 16.0 Å². The lowest BCUT2D eigenvalue weighted by Gasteiger charge is -2.22. The van der Waals surface area contributed by atoms with Crippen LogP contribution in [-0.4, -0.2) is 18.4 Å². The maximum atomic E-state index is 13.8. The molecule has 2 aliphatic heterocycles. The molecule has 154 valence electrons. The van der Waals surface area contributed by atoms with Crippen LogP contribution in [0.1, 0.15) is 22.3 Å². The molecule has 5 heteroatoms. The molecule has 0 bridgehead atoms. The predicted octanol–water partition coefficient (Wildman–Crippen LogP) is 5.30. The Bertz CT molecular complexity index is 1260. The molecule has 0 unspecified atom stereocenters. The van der Waals surface area contributed by atoms with Crippen LogP contribution in [0.3, 0.4) is 0 Å². The first kappa shape index (κ1) is 19.6. The fourth-order valence-corrected chi connectivity index (χ4v) is 4.62. The van der Waals surface area contributed by atoms with Gasteiger partial charge in [-0.25, -0.2) is 4.90 Å². The van der Waals surface area contributed by atoms with Gasteiger partial charge < -0.3 is 4.90 Å². The largest absolute Gasteiger partial charge is 0.336 e. The minimum absolute atomic E-state index is 0.293. The molecule has 0 atom stereocenters. The zero-order chi connectivity index (χ0) is 21.7. The van der Waals surface area contributed by atoms with Crippen molar-refractivity contribution in [1.29, 1.82) is 0 Å². The summed E-state index contributed by atoms with van der Waals surface area (Å²) in [5, 5.41) is 0.584. The smallest absolute Gasteiger partial charge is 0.282 e. The van der Waals surface area contributed by atoms with Gasteiger partial charge in [0.05, 0.1) is 11.3 Å². The molecule has 0 aromatic heterocycles. The maximum Gasteiger partial charge on any atom is 0.282 e. The average molecular weight is 429 g/mol. The summed E-state index contributed by atoms with van der Waals surface area (Å²) in [6, 6.07) is 20.9. The van der Waals surface area contributed by atoms with Crippen LogP contribution in [0.5, 0.6) is 0 Å². The van der Waals surface area contributed by atoms with E-state index in [1.807, 2.05) is 55.1 Å². The fourth-order valence-electron chi connectivity index (χ4n) is 4.49. The minimum Gasteiger partial charge on any atom is -0.336 e. The highest BCUT2D eigenvalue weighted by molar-refractivity contribution is 6.46. The van der Waals surface area contributed by atoms with E-state index in [4.69, 9.17) is 11.6 Å². The Labute approximate surface area is 186 Å². The predicted molar refractivity (Wildman–Crippen MR) is 124 cm³/mol. The highest BCUT2D eigenvalue weighted by atomic mass is 35.5. The minimum atomic E-state index is -0.307. The third kappa shape index (κ3) is 3.15. The van der Waals surface area contributed by atoms with Crippen molar-refractivity contribution >= 4 is 40.4 Å². The van der Waals surface area contributed by atoms with Gasteiger partial charge in [-0.2, -0.15) is 0 Å². The van der Waals surface area contributed by atoms with Crippen molar-refractivity contribution in [2.24, 2.45) is 0 Å². The number of rotatable bonds is 3. The Kier molecular flexibility index (Phi) is 4.67. The van der Waals surface area contributed by atoms with Crippen molar-refractivity contribution in [3.8, 4) is 0 Å². The number of carbonyl (C=O) groups excluding carboxylic acids is 2. The van der Waals surface area contributed by atoms with Gasteiger partial charge in [-0.05, 0) is 61.2 Å². The van der Waals surface area contributed by atoms with Crippen molar-refractivity contribution in [2.75, 3.05) is 16.3 Å². The zero-order valence-electron chi connectivity index (χ0n) is 17.4. The van der Waals surface area contributed by atoms with E-state index in [1.54, 1.807) is 24.3 Å². The summed E-state index contributed by atoms with van der Waals surface area (Å²) in [6.07, 6.45) is 0.832. The average Bonchev–Trinajstić information content (AvgIpc) is 3.28. The molecule has 0 fully saturated rings. The Balaban J connectivity index is 1.70. The van der Waals surface area contributed by atoms with Crippen molar-refractivity contribution in [2.45, 2.75) is 20.3 Å². The van der Waals surface area contributed by atoms with E-state index >= 15 is 0 Å². The fraction of sp³-hybridized carbons (Fsp3) is 0.154. The second kappa shape index (κ2) is 7.40. The van der Waals surface area contributed by atoms with Crippen LogP contribution >= 0.6 is 11.6 Å². The summed E-state index contributed by atoms with van der Waals surface area (Å²) in [6.45, 7) is 4.58. The molecule has 0 saturated heterocycles. The number of halogens is 1. The van der Waals surface area contributed by atoms with E-state index in [9.17, 15) is 9.59 Å². The van der Waals surface area contributed by atoms with Crippen LogP contribution in [0, 0.1) is 13.8 Å². The third-order valence-electron chi connectivity index (χ3n) is 5.94. The van der Waals surface area contributed by atoms with E-state index < -0.39 is 0 Å². The molecule has 31 heavy (non-hydrogen) atoms. The summed E-state index contributed by atoms with van der Waals surface area (Å²) in [5.41, 5.74) is 6.28. The van der Waals surface area contributed by atoms with Crippen molar-refractivity contribution in [3.63, 3.8) is 0 Å². The highest BCUT2D eigenvalue weighted by Crippen LogP contribution is 2.40. The van der Waals surface area contributed by atoms with Crippen molar-refractivity contribution in [1.82, 2.24) is 0 Å². The van der Waals surface area contributed by atoms with Crippen LogP contribution in [0.4, 0.5) is 11.4 Å². The van der Waals surface area contributed by atoms with E-state index in [1.165, 1.54) is 10.5 Å². The first-order valence-electron chi connectivity index (χ1n) is 10.3. The Morgan fingerprint density at radius 3 is 2.32 bits per heavy atom. The molecule has 3 aromatic carbocycles. The first-order chi connectivity index (χ1) is 15.0.